The lowest BCUT2D eigenvalue weighted by Crippen LogP contribution is -2.44. The highest BCUT2D eigenvalue weighted by Gasteiger charge is 2.24. The molecule has 0 aliphatic heterocycles. The standard InChI is InChI=1S/C19H22N2O/c1-14-6-5-9-18(12-14)20-19(22)15(2)21-11-10-16-7-3-4-8-17(16)13-21/h5-6,9-13,15H,3-4,7-8H2,1-2H3/p+1/t15-/m0/s1. The Morgan fingerprint density at radius 3 is 2.73 bits per heavy atom. The summed E-state index contributed by atoms with van der Waals surface area (Å²) < 4.78 is 2.02. The van der Waals surface area contributed by atoms with E-state index < -0.39 is 0 Å². The van der Waals surface area contributed by atoms with Crippen LogP contribution in [0.3, 0.4) is 0 Å². The van der Waals surface area contributed by atoms with Crippen molar-refractivity contribution in [3.05, 3.63) is 59.4 Å². The zero-order chi connectivity index (χ0) is 15.5. The van der Waals surface area contributed by atoms with Crippen LogP contribution in [-0.4, -0.2) is 5.91 Å². The molecule has 3 heteroatoms. The van der Waals surface area contributed by atoms with Gasteiger partial charge < -0.3 is 5.32 Å². The topological polar surface area (TPSA) is 33.0 Å². The fourth-order valence-electron chi connectivity index (χ4n) is 3.03. The number of rotatable bonds is 3. The number of fused-ring (bicyclic) bond motifs is 1. The zero-order valence-electron chi connectivity index (χ0n) is 13.3. The number of nitrogens with one attached hydrogen (secondary N) is 1. The van der Waals surface area contributed by atoms with Gasteiger partial charge in [-0.25, -0.2) is 0 Å². The Hall–Kier alpha value is -2.16. The first-order valence-corrected chi connectivity index (χ1v) is 8.03. The fraction of sp³-hybridized carbons (Fsp3) is 0.368. The molecule has 114 valence electrons. The molecule has 1 aliphatic rings. The van der Waals surface area contributed by atoms with Gasteiger partial charge in [-0.15, -0.1) is 0 Å². The van der Waals surface area contributed by atoms with E-state index in [0.717, 1.165) is 17.7 Å². The van der Waals surface area contributed by atoms with Crippen LogP contribution in [0.25, 0.3) is 0 Å². The molecule has 0 radical (unpaired) electrons. The molecular formula is C19H23N2O+. The van der Waals surface area contributed by atoms with E-state index in [1.807, 2.05) is 48.9 Å². The van der Waals surface area contributed by atoms with E-state index in [1.165, 1.54) is 30.4 Å². The molecule has 3 nitrogen and oxygen atoms in total. The number of anilines is 1. The van der Waals surface area contributed by atoms with Gasteiger partial charge in [0.15, 0.2) is 12.4 Å². The van der Waals surface area contributed by atoms with Gasteiger partial charge in [0.05, 0.1) is 0 Å². The van der Waals surface area contributed by atoms with Crippen molar-refractivity contribution >= 4 is 11.6 Å². The van der Waals surface area contributed by atoms with E-state index in [1.54, 1.807) is 0 Å². The van der Waals surface area contributed by atoms with Gasteiger partial charge in [-0.05, 0) is 55.9 Å². The Labute approximate surface area is 132 Å². The summed E-state index contributed by atoms with van der Waals surface area (Å²) in [6.45, 7) is 3.97. The molecule has 2 aromatic rings. The predicted molar refractivity (Wildman–Crippen MR) is 87.8 cm³/mol. The van der Waals surface area contributed by atoms with Gasteiger partial charge in [-0.3, -0.25) is 4.79 Å². The van der Waals surface area contributed by atoms with Crippen molar-refractivity contribution in [1.29, 1.82) is 0 Å². The highest BCUT2D eigenvalue weighted by molar-refractivity contribution is 5.92. The minimum Gasteiger partial charge on any atom is -0.320 e. The molecule has 0 spiro atoms. The number of carbonyl (C=O) groups is 1. The van der Waals surface area contributed by atoms with Crippen molar-refractivity contribution in [2.24, 2.45) is 0 Å². The maximum atomic E-state index is 12.5. The molecule has 0 saturated heterocycles. The van der Waals surface area contributed by atoms with Gasteiger partial charge >= 0.3 is 0 Å². The summed E-state index contributed by atoms with van der Waals surface area (Å²) in [4.78, 5) is 12.5. The van der Waals surface area contributed by atoms with Gasteiger partial charge in [-0.2, -0.15) is 4.57 Å². The number of hydrogen-bond acceptors (Lipinski definition) is 1. The zero-order valence-corrected chi connectivity index (χ0v) is 13.3. The lowest BCUT2D eigenvalue weighted by Gasteiger charge is -2.15. The highest BCUT2D eigenvalue weighted by Crippen LogP contribution is 2.19. The fourth-order valence-corrected chi connectivity index (χ4v) is 3.03. The van der Waals surface area contributed by atoms with Crippen LogP contribution < -0.4 is 9.88 Å². The summed E-state index contributed by atoms with van der Waals surface area (Å²) in [5, 5.41) is 3.00. The van der Waals surface area contributed by atoms with Crippen molar-refractivity contribution < 1.29 is 9.36 Å². The molecule has 0 bridgehead atoms. The first-order chi connectivity index (χ1) is 10.6. The van der Waals surface area contributed by atoms with Crippen molar-refractivity contribution in [2.45, 2.75) is 45.6 Å². The van der Waals surface area contributed by atoms with Crippen LogP contribution in [0.1, 0.15) is 42.5 Å². The monoisotopic (exact) mass is 295 g/mol. The van der Waals surface area contributed by atoms with Crippen LogP contribution >= 0.6 is 0 Å². The van der Waals surface area contributed by atoms with E-state index >= 15 is 0 Å². The van der Waals surface area contributed by atoms with Crippen LogP contribution in [-0.2, 0) is 17.6 Å². The van der Waals surface area contributed by atoms with Crippen LogP contribution in [0.15, 0.2) is 42.7 Å². The van der Waals surface area contributed by atoms with Crippen molar-refractivity contribution in [2.75, 3.05) is 5.32 Å². The average Bonchev–Trinajstić information content (AvgIpc) is 2.53. The average molecular weight is 295 g/mol. The summed E-state index contributed by atoms with van der Waals surface area (Å²) >= 11 is 0. The first kappa shape index (κ1) is 14.8. The van der Waals surface area contributed by atoms with Crippen molar-refractivity contribution in [3.63, 3.8) is 0 Å². The Bertz CT molecular complexity index is 694. The molecule has 22 heavy (non-hydrogen) atoms. The molecule has 1 N–H and O–H groups in total. The number of aryl methyl sites for hydroxylation is 3. The third-order valence-electron chi connectivity index (χ3n) is 4.42. The van der Waals surface area contributed by atoms with Gasteiger partial charge in [0.25, 0.3) is 5.91 Å². The molecule has 1 aromatic carbocycles. The Balaban J connectivity index is 1.75. The Morgan fingerprint density at radius 2 is 1.95 bits per heavy atom. The Kier molecular flexibility index (Phi) is 4.23. The lowest BCUT2D eigenvalue weighted by molar-refractivity contribution is -0.706. The number of aromatic nitrogens is 1. The van der Waals surface area contributed by atoms with Crippen LogP contribution in [0.5, 0.6) is 0 Å². The number of pyridine rings is 1. The van der Waals surface area contributed by atoms with E-state index in [0.29, 0.717) is 0 Å². The van der Waals surface area contributed by atoms with Crippen LogP contribution in [0, 0.1) is 6.92 Å². The molecule has 0 fully saturated rings. The quantitative estimate of drug-likeness (QED) is 0.865. The van der Waals surface area contributed by atoms with E-state index in [-0.39, 0.29) is 11.9 Å². The molecular weight excluding hydrogens is 272 g/mol. The van der Waals surface area contributed by atoms with Gasteiger partial charge in [0.1, 0.15) is 0 Å². The largest absolute Gasteiger partial charge is 0.320 e. The molecule has 0 unspecified atom stereocenters. The smallest absolute Gasteiger partial charge is 0.293 e. The van der Waals surface area contributed by atoms with Crippen LogP contribution in [0.4, 0.5) is 5.69 Å². The third-order valence-corrected chi connectivity index (χ3v) is 4.42. The second kappa shape index (κ2) is 6.30. The van der Waals surface area contributed by atoms with Crippen molar-refractivity contribution in [3.8, 4) is 0 Å². The van der Waals surface area contributed by atoms with E-state index in [4.69, 9.17) is 0 Å². The van der Waals surface area contributed by atoms with Crippen LogP contribution in [0.2, 0.25) is 0 Å². The number of carbonyl (C=O) groups excluding carboxylic acids is 1. The Morgan fingerprint density at radius 1 is 1.18 bits per heavy atom. The lowest BCUT2D eigenvalue weighted by atomic mass is 9.93. The minimum atomic E-state index is -0.215. The highest BCUT2D eigenvalue weighted by atomic mass is 16.2. The molecule has 3 rings (SSSR count). The number of nitrogens with zero attached hydrogens (tertiary/aromatic N) is 1. The second-order valence-electron chi connectivity index (χ2n) is 6.18. The predicted octanol–water partition coefficient (Wildman–Crippen LogP) is 3.36. The van der Waals surface area contributed by atoms with Crippen molar-refractivity contribution in [1.82, 2.24) is 0 Å². The summed E-state index contributed by atoms with van der Waals surface area (Å²) in [6, 6.07) is 9.86. The number of amides is 1. The van der Waals surface area contributed by atoms with E-state index in [2.05, 4.69) is 17.6 Å². The first-order valence-electron chi connectivity index (χ1n) is 8.03. The molecule has 1 heterocycles. The number of hydrogen-bond donors (Lipinski definition) is 1. The van der Waals surface area contributed by atoms with Gasteiger partial charge in [-0.1, -0.05) is 12.1 Å². The third kappa shape index (κ3) is 3.19. The summed E-state index contributed by atoms with van der Waals surface area (Å²) in [7, 11) is 0. The maximum Gasteiger partial charge on any atom is 0.293 e. The maximum absolute atomic E-state index is 12.5. The van der Waals surface area contributed by atoms with Gasteiger partial charge in [0, 0.05) is 24.2 Å². The summed E-state index contributed by atoms with van der Waals surface area (Å²) in [5.74, 6) is 0.0198. The molecule has 0 saturated carbocycles. The number of benzene rings is 1. The molecule has 1 aromatic heterocycles. The second-order valence-corrected chi connectivity index (χ2v) is 6.18. The van der Waals surface area contributed by atoms with E-state index in [9.17, 15) is 4.79 Å². The summed E-state index contributed by atoms with van der Waals surface area (Å²) in [5.41, 5.74) is 4.83. The minimum absolute atomic E-state index is 0.0198. The SMILES string of the molecule is Cc1cccc(NC(=O)[C@H](C)[n+]2ccc3c(c2)CCCC3)c1. The molecule has 1 aliphatic carbocycles. The van der Waals surface area contributed by atoms with Gasteiger partial charge in [0.2, 0.25) is 6.04 Å². The normalized spacial score (nSPS) is 15.0. The molecule has 1 atom stereocenters. The summed E-state index contributed by atoms with van der Waals surface area (Å²) in [6.07, 6.45) is 9.00. The molecule has 1 amide bonds.